The predicted octanol–water partition coefficient (Wildman–Crippen LogP) is 0.0153. The molecule has 5 nitrogen and oxygen atoms in total. The highest BCUT2D eigenvalue weighted by molar-refractivity contribution is 5.89. The maximum absolute atomic E-state index is 11.6. The van der Waals surface area contributed by atoms with Crippen molar-refractivity contribution >= 4 is 11.8 Å². The molecular formula is C11H23N3O2. The van der Waals surface area contributed by atoms with Gasteiger partial charge in [-0.2, -0.15) is 0 Å². The number of rotatable bonds is 4. The highest BCUT2D eigenvalue weighted by Gasteiger charge is 2.25. The number of amides is 2. The van der Waals surface area contributed by atoms with Crippen LogP contribution in [0.25, 0.3) is 0 Å². The van der Waals surface area contributed by atoms with Gasteiger partial charge in [-0.3, -0.25) is 9.59 Å². The smallest absolute Gasteiger partial charge is 0.240 e. The predicted molar refractivity (Wildman–Crippen MR) is 64.0 cm³/mol. The average Bonchev–Trinajstić information content (AvgIpc) is 2.11. The van der Waals surface area contributed by atoms with Crippen molar-refractivity contribution in [3.8, 4) is 0 Å². The Morgan fingerprint density at radius 1 is 1.06 bits per heavy atom. The molecule has 16 heavy (non-hydrogen) atoms. The minimum atomic E-state index is -0.665. The van der Waals surface area contributed by atoms with Gasteiger partial charge in [0.1, 0.15) is 0 Å². The van der Waals surface area contributed by atoms with Crippen LogP contribution in [0.3, 0.4) is 0 Å². The van der Waals surface area contributed by atoms with E-state index in [1.807, 2.05) is 20.8 Å². The number of hydrogen-bond donors (Lipinski definition) is 3. The first-order valence-electron chi connectivity index (χ1n) is 5.37. The van der Waals surface area contributed by atoms with Crippen molar-refractivity contribution < 1.29 is 9.59 Å². The Bertz CT molecular complexity index is 267. The molecule has 0 spiro atoms. The number of hydrogen-bond acceptors (Lipinski definition) is 3. The Balaban J connectivity index is 4.08. The van der Waals surface area contributed by atoms with Gasteiger partial charge in [0.05, 0.1) is 12.1 Å². The first kappa shape index (κ1) is 14.9. The van der Waals surface area contributed by atoms with Gasteiger partial charge in [0.25, 0.3) is 0 Å². The van der Waals surface area contributed by atoms with Gasteiger partial charge in [0.2, 0.25) is 11.8 Å². The highest BCUT2D eigenvalue weighted by atomic mass is 16.2. The third kappa shape index (κ3) is 5.70. The first-order chi connectivity index (χ1) is 7.08. The van der Waals surface area contributed by atoms with Crippen LogP contribution in [0.15, 0.2) is 0 Å². The molecule has 0 aromatic carbocycles. The lowest BCUT2D eigenvalue weighted by Crippen LogP contribution is -2.54. The van der Waals surface area contributed by atoms with Crippen molar-refractivity contribution in [2.75, 3.05) is 13.6 Å². The highest BCUT2D eigenvalue weighted by Crippen LogP contribution is 2.00. The Labute approximate surface area is 97.4 Å². The molecule has 0 fully saturated rings. The van der Waals surface area contributed by atoms with Crippen LogP contribution in [0.2, 0.25) is 0 Å². The van der Waals surface area contributed by atoms with E-state index in [0.717, 1.165) is 0 Å². The second kappa shape index (κ2) is 5.30. The van der Waals surface area contributed by atoms with E-state index in [9.17, 15) is 9.59 Å². The quantitative estimate of drug-likeness (QED) is 0.636. The minimum absolute atomic E-state index is 0.00120. The second-order valence-electron chi connectivity index (χ2n) is 5.36. The Kier molecular flexibility index (Phi) is 4.93. The fourth-order valence-electron chi connectivity index (χ4n) is 0.958. The maximum Gasteiger partial charge on any atom is 0.240 e. The minimum Gasteiger partial charge on any atom is -0.350 e. The van der Waals surface area contributed by atoms with Crippen LogP contribution in [0.1, 0.15) is 34.6 Å². The molecular weight excluding hydrogens is 206 g/mol. The maximum atomic E-state index is 11.6. The van der Waals surface area contributed by atoms with Gasteiger partial charge >= 0.3 is 0 Å². The zero-order chi connectivity index (χ0) is 13.0. The molecule has 0 aliphatic carbocycles. The molecule has 0 unspecified atom stereocenters. The molecule has 0 saturated heterocycles. The summed E-state index contributed by atoms with van der Waals surface area (Å²) in [7, 11) is 1.70. The Morgan fingerprint density at radius 2 is 1.56 bits per heavy atom. The molecule has 0 aromatic heterocycles. The molecule has 0 radical (unpaired) electrons. The van der Waals surface area contributed by atoms with Crippen LogP contribution >= 0.6 is 0 Å². The fraction of sp³-hybridized carbons (Fsp3) is 0.818. The summed E-state index contributed by atoms with van der Waals surface area (Å²) in [4.78, 5) is 23.0. The third-order valence-electron chi connectivity index (χ3n) is 2.12. The fourth-order valence-corrected chi connectivity index (χ4v) is 0.958. The molecule has 5 heteroatoms. The van der Waals surface area contributed by atoms with Gasteiger partial charge in [-0.15, -0.1) is 0 Å². The molecule has 3 N–H and O–H groups in total. The van der Waals surface area contributed by atoms with Gasteiger partial charge in [0, 0.05) is 5.54 Å². The van der Waals surface area contributed by atoms with E-state index in [0.29, 0.717) is 0 Å². The zero-order valence-corrected chi connectivity index (χ0v) is 11.0. The lowest BCUT2D eigenvalue weighted by Gasteiger charge is -2.24. The van der Waals surface area contributed by atoms with Crippen molar-refractivity contribution in [3.05, 3.63) is 0 Å². The summed E-state index contributed by atoms with van der Waals surface area (Å²) >= 11 is 0. The van der Waals surface area contributed by atoms with E-state index in [1.54, 1.807) is 20.9 Å². The van der Waals surface area contributed by atoms with Gasteiger partial charge in [-0.1, -0.05) is 0 Å². The van der Waals surface area contributed by atoms with Gasteiger partial charge in [-0.05, 0) is 41.7 Å². The van der Waals surface area contributed by atoms with Crippen molar-refractivity contribution in [1.82, 2.24) is 16.0 Å². The number of nitrogens with one attached hydrogen (secondary N) is 3. The molecule has 0 aliphatic rings. The van der Waals surface area contributed by atoms with Crippen LogP contribution in [0, 0.1) is 0 Å². The summed E-state index contributed by atoms with van der Waals surface area (Å²) in [6.07, 6.45) is 0. The first-order valence-corrected chi connectivity index (χ1v) is 5.37. The SMILES string of the molecule is CNC(C)(C)C(=O)NCC(=O)NC(C)(C)C. The summed E-state index contributed by atoms with van der Waals surface area (Å²) in [6.45, 7) is 9.19. The largest absolute Gasteiger partial charge is 0.350 e. The Morgan fingerprint density at radius 3 is 1.94 bits per heavy atom. The number of carbonyl (C=O) groups excluding carboxylic acids is 2. The lowest BCUT2D eigenvalue weighted by molar-refractivity contribution is -0.129. The molecule has 0 bridgehead atoms. The normalized spacial score (nSPS) is 12.1. The lowest BCUT2D eigenvalue weighted by atomic mass is 10.1. The van der Waals surface area contributed by atoms with Crippen molar-refractivity contribution in [2.45, 2.75) is 45.7 Å². The summed E-state index contributed by atoms with van der Waals surface area (Å²) in [5.41, 5.74) is -0.942. The van der Waals surface area contributed by atoms with E-state index in [2.05, 4.69) is 16.0 Å². The van der Waals surface area contributed by atoms with Gasteiger partial charge in [-0.25, -0.2) is 0 Å². The molecule has 0 aromatic rings. The van der Waals surface area contributed by atoms with Crippen molar-refractivity contribution in [1.29, 1.82) is 0 Å². The van der Waals surface area contributed by atoms with E-state index in [1.165, 1.54) is 0 Å². The van der Waals surface area contributed by atoms with Crippen LogP contribution in [0.5, 0.6) is 0 Å². The molecule has 0 saturated carbocycles. The Hall–Kier alpha value is -1.10. The molecule has 0 heterocycles. The standard InChI is InChI=1S/C11H23N3O2/c1-10(2,3)14-8(15)7-13-9(16)11(4,5)12-6/h12H,7H2,1-6H3,(H,13,16)(H,14,15). The van der Waals surface area contributed by atoms with E-state index < -0.39 is 5.54 Å². The monoisotopic (exact) mass is 229 g/mol. The topological polar surface area (TPSA) is 70.2 Å². The second-order valence-corrected chi connectivity index (χ2v) is 5.36. The third-order valence-corrected chi connectivity index (χ3v) is 2.12. The summed E-state index contributed by atoms with van der Waals surface area (Å²) < 4.78 is 0. The average molecular weight is 229 g/mol. The van der Waals surface area contributed by atoms with Crippen molar-refractivity contribution in [2.24, 2.45) is 0 Å². The molecule has 2 amide bonds. The zero-order valence-electron chi connectivity index (χ0n) is 11.0. The van der Waals surface area contributed by atoms with Gasteiger partial charge < -0.3 is 16.0 Å². The molecule has 94 valence electrons. The van der Waals surface area contributed by atoms with Crippen molar-refractivity contribution in [3.63, 3.8) is 0 Å². The van der Waals surface area contributed by atoms with E-state index >= 15 is 0 Å². The summed E-state index contributed by atoms with van der Waals surface area (Å²) in [6, 6.07) is 0. The summed E-state index contributed by atoms with van der Waals surface area (Å²) in [5.74, 6) is -0.383. The molecule has 0 aliphatic heterocycles. The van der Waals surface area contributed by atoms with E-state index in [-0.39, 0.29) is 23.9 Å². The molecule has 0 atom stereocenters. The van der Waals surface area contributed by atoms with Crippen LogP contribution in [0.4, 0.5) is 0 Å². The van der Waals surface area contributed by atoms with E-state index in [4.69, 9.17) is 0 Å². The number of carbonyl (C=O) groups is 2. The van der Waals surface area contributed by atoms with Crippen LogP contribution in [-0.2, 0) is 9.59 Å². The number of likely N-dealkylation sites (N-methyl/N-ethyl adjacent to an activating group) is 1. The van der Waals surface area contributed by atoms with Crippen LogP contribution in [-0.4, -0.2) is 36.5 Å². The van der Waals surface area contributed by atoms with Crippen LogP contribution < -0.4 is 16.0 Å². The summed E-state index contributed by atoms with van der Waals surface area (Å²) in [5, 5.41) is 8.22. The molecule has 0 rings (SSSR count). The van der Waals surface area contributed by atoms with Gasteiger partial charge in [0.15, 0.2) is 0 Å².